The molecule has 0 amide bonds. The van der Waals surface area contributed by atoms with Gasteiger partial charge in [-0.1, -0.05) is 33.6 Å². The van der Waals surface area contributed by atoms with E-state index in [1.54, 1.807) is 18.2 Å². The van der Waals surface area contributed by atoms with Gasteiger partial charge in [-0.3, -0.25) is 4.79 Å². The summed E-state index contributed by atoms with van der Waals surface area (Å²) in [5.74, 6) is 1.55. The summed E-state index contributed by atoms with van der Waals surface area (Å²) in [6.45, 7) is 0.405. The molecule has 1 heterocycles. The number of fused-ring (bicyclic) bond motifs is 1. The fraction of sp³-hybridized carbons (Fsp3) is 0.133. The lowest BCUT2D eigenvalue weighted by Gasteiger charge is -2.10. The Morgan fingerprint density at radius 3 is 2.71 bits per heavy atom. The summed E-state index contributed by atoms with van der Waals surface area (Å²) < 4.78 is 17.1. The molecule has 0 saturated carbocycles. The van der Waals surface area contributed by atoms with Crippen LogP contribution in [0.2, 0.25) is 5.02 Å². The van der Waals surface area contributed by atoms with Crippen molar-refractivity contribution in [3.05, 3.63) is 51.0 Å². The van der Waals surface area contributed by atoms with Gasteiger partial charge in [-0.05, 0) is 18.2 Å². The molecule has 0 bridgehead atoms. The summed E-state index contributed by atoms with van der Waals surface area (Å²) >= 11 is 9.49. The Labute approximate surface area is 134 Å². The van der Waals surface area contributed by atoms with E-state index in [0.717, 1.165) is 16.3 Å². The van der Waals surface area contributed by atoms with E-state index in [4.69, 9.17) is 25.8 Å². The van der Waals surface area contributed by atoms with Crippen LogP contribution in [0.25, 0.3) is 0 Å². The maximum absolute atomic E-state index is 11.1. The molecule has 0 saturated heterocycles. The minimum atomic E-state index is 0.148. The number of halogens is 2. The van der Waals surface area contributed by atoms with E-state index in [9.17, 15) is 4.79 Å². The van der Waals surface area contributed by atoms with Crippen molar-refractivity contribution in [1.29, 1.82) is 0 Å². The normalized spacial score (nSPS) is 12.3. The minimum Gasteiger partial charge on any atom is -0.488 e. The zero-order valence-electron chi connectivity index (χ0n) is 10.8. The van der Waals surface area contributed by atoms with E-state index < -0.39 is 0 Å². The molecule has 0 aliphatic carbocycles. The number of hydrogen-bond acceptors (Lipinski definition) is 4. The van der Waals surface area contributed by atoms with Gasteiger partial charge in [0.15, 0.2) is 17.8 Å². The van der Waals surface area contributed by atoms with Gasteiger partial charge in [-0.25, -0.2) is 0 Å². The summed E-state index contributed by atoms with van der Waals surface area (Å²) in [5, 5.41) is 0.595. The molecule has 0 atom stereocenters. The third-order valence-corrected chi connectivity index (χ3v) is 3.88. The van der Waals surface area contributed by atoms with Crippen LogP contribution in [0.4, 0.5) is 0 Å². The van der Waals surface area contributed by atoms with Crippen LogP contribution >= 0.6 is 27.5 Å². The Balaban J connectivity index is 1.83. The second kappa shape index (κ2) is 5.95. The molecule has 0 unspecified atom stereocenters. The summed E-state index contributed by atoms with van der Waals surface area (Å²) in [4.78, 5) is 11.1. The molecule has 6 heteroatoms. The number of benzene rings is 2. The van der Waals surface area contributed by atoms with Gasteiger partial charge in [0.2, 0.25) is 6.79 Å². The summed E-state index contributed by atoms with van der Waals surface area (Å²) in [7, 11) is 0. The molecule has 108 valence electrons. The average Bonchev–Trinajstić information content (AvgIpc) is 2.92. The molecule has 0 fully saturated rings. The Morgan fingerprint density at radius 1 is 1.24 bits per heavy atom. The molecule has 1 aliphatic rings. The van der Waals surface area contributed by atoms with E-state index in [1.165, 1.54) is 0 Å². The highest BCUT2D eigenvalue weighted by Crippen LogP contribution is 2.38. The fourth-order valence-corrected chi connectivity index (χ4v) is 2.68. The Bertz CT molecular complexity index is 702. The molecule has 2 aromatic rings. The summed E-state index contributed by atoms with van der Waals surface area (Å²) in [6.07, 6.45) is 0.723. The van der Waals surface area contributed by atoms with Gasteiger partial charge >= 0.3 is 0 Å². The van der Waals surface area contributed by atoms with E-state index >= 15 is 0 Å². The summed E-state index contributed by atoms with van der Waals surface area (Å²) in [5.41, 5.74) is 1.24. The van der Waals surface area contributed by atoms with Crippen LogP contribution in [0.1, 0.15) is 15.9 Å². The predicted octanol–water partition coefficient (Wildman–Crippen LogP) is 4.22. The molecule has 0 N–H and O–H groups in total. The van der Waals surface area contributed by atoms with Gasteiger partial charge < -0.3 is 14.2 Å². The van der Waals surface area contributed by atoms with Crippen LogP contribution < -0.4 is 14.2 Å². The molecule has 0 spiro atoms. The van der Waals surface area contributed by atoms with Gasteiger partial charge in [0.25, 0.3) is 0 Å². The van der Waals surface area contributed by atoms with Crippen LogP contribution in [0.3, 0.4) is 0 Å². The Kier molecular flexibility index (Phi) is 4.03. The first-order chi connectivity index (χ1) is 10.2. The zero-order valence-corrected chi connectivity index (χ0v) is 13.1. The molecule has 3 rings (SSSR count). The first kappa shape index (κ1) is 14.2. The quantitative estimate of drug-likeness (QED) is 0.757. The molecule has 2 aromatic carbocycles. The lowest BCUT2D eigenvalue weighted by Crippen LogP contribution is -1.99. The van der Waals surface area contributed by atoms with Crippen LogP contribution in [-0.2, 0) is 6.61 Å². The molecule has 0 aromatic heterocycles. The number of carbonyl (C=O) groups is 1. The van der Waals surface area contributed by atoms with Gasteiger partial charge in [0, 0.05) is 21.1 Å². The Hall–Kier alpha value is -1.72. The first-order valence-electron chi connectivity index (χ1n) is 6.13. The highest BCUT2D eigenvalue weighted by molar-refractivity contribution is 9.10. The highest BCUT2D eigenvalue weighted by atomic mass is 79.9. The second-order valence-corrected chi connectivity index (χ2v) is 5.71. The largest absolute Gasteiger partial charge is 0.488 e. The van der Waals surface area contributed by atoms with Gasteiger partial charge in [-0.15, -0.1) is 0 Å². The molecule has 1 aliphatic heterocycles. The van der Waals surface area contributed by atoms with E-state index in [0.29, 0.717) is 27.8 Å². The molecular weight excluding hydrogens is 360 g/mol. The van der Waals surface area contributed by atoms with Crippen LogP contribution in [-0.4, -0.2) is 13.1 Å². The van der Waals surface area contributed by atoms with Gasteiger partial charge in [-0.2, -0.15) is 0 Å². The standard InChI is InChI=1S/C15H10BrClO4/c16-11-2-1-9(12(17)4-11)7-19-13-5-15-14(20-8-21-15)3-10(13)6-18/h1-6H,7-8H2. The smallest absolute Gasteiger partial charge is 0.231 e. The third-order valence-electron chi connectivity index (χ3n) is 3.03. The van der Waals surface area contributed by atoms with Crippen molar-refractivity contribution in [3.8, 4) is 17.2 Å². The fourth-order valence-electron chi connectivity index (χ4n) is 1.95. The Morgan fingerprint density at radius 2 is 2.00 bits per heavy atom. The molecule has 4 nitrogen and oxygen atoms in total. The van der Waals surface area contributed by atoms with Crippen LogP contribution in [0, 0.1) is 0 Å². The highest BCUT2D eigenvalue weighted by Gasteiger charge is 2.18. The lowest BCUT2D eigenvalue weighted by atomic mass is 10.2. The summed E-state index contributed by atoms with van der Waals surface area (Å²) in [6, 6.07) is 8.79. The predicted molar refractivity (Wildman–Crippen MR) is 81.4 cm³/mol. The second-order valence-electron chi connectivity index (χ2n) is 4.39. The monoisotopic (exact) mass is 368 g/mol. The third kappa shape index (κ3) is 2.99. The topological polar surface area (TPSA) is 44.8 Å². The maximum Gasteiger partial charge on any atom is 0.231 e. The van der Waals surface area contributed by atoms with Crippen molar-refractivity contribution in [2.45, 2.75) is 6.61 Å². The lowest BCUT2D eigenvalue weighted by molar-refractivity contribution is 0.111. The number of hydrogen-bond donors (Lipinski definition) is 0. The molecule has 21 heavy (non-hydrogen) atoms. The number of carbonyl (C=O) groups excluding carboxylic acids is 1. The van der Waals surface area contributed by atoms with Crippen molar-refractivity contribution in [2.24, 2.45) is 0 Å². The van der Waals surface area contributed by atoms with E-state index in [1.807, 2.05) is 12.1 Å². The zero-order chi connectivity index (χ0) is 14.8. The number of ether oxygens (including phenoxy) is 3. The van der Waals surface area contributed by atoms with Crippen molar-refractivity contribution >= 4 is 33.8 Å². The number of aldehydes is 1. The van der Waals surface area contributed by atoms with E-state index in [-0.39, 0.29) is 13.4 Å². The number of rotatable bonds is 4. The average molecular weight is 370 g/mol. The van der Waals surface area contributed by atoms with Crippen molar-refractivity contribution in [1.82, 2.24) is 0 Å². The van der Waals surface area contributed by atoms with Gasteiger partial charge in [0.1, 0.15) is 12.4 Å². The van der Waals surface area contributed by atoms with Crippen molar-refractivity contribution in [2.75, 3.05) is 6.79 Å². The van der Waals surface area contributed by atoms with Crippen molar-refractivity contribution < 1.29 is 19.0 Å². The minimum absolute atomic E-state index is 0.148. The van der Waals surface area contributed by atoms with Crippen LogP contribution in [0.5, 0.6) is 17.2 Å². The van der Waals surface area contributed by atoms with Crippen LogP contribution in [0.15, 0.2) is 34.8 Å². The maximum atomic E-state index is 11.1. The SMILES string of the molecule is O=Cc1cc2c(cc1OCc1ccc(Br)cc1Cl)OCO2. The van der Waals surface area contributed by atoms with Crippen molar-refractivity contribution in [3.63, 3.8) is 0 Å². The molecular formula is C15H10BrClO4. The van der Waals surface area contributed by atoms with E-state index in [2.05, 4.69) is 15.9 Å². The van der Waals surface area contributed by atoms with Gasteiger partial charge in [0.05, 0.1) is 5.56 Å². The molecule has 0 radical (unpaired) electrons. The first-order valence-corrected chi connectivity index (χ1v) is 7.30.